The molecular formula is C11H12P. The van der Waals surface area contributed by atoms with Crippen molar-refractivity contribution in [3.05, 3.63) is 34.7 Å². The molecule has 0 atom stereocenters. The number of rotatable bonds is 2. The van der Waals surface area contributed by atoms with Crippen LogP contribution in [0.1, 0.15) is 26.7 Å². The molecule has 0 nitrogen and oxygen atoms in total. The first-order valence-corrected chi connectivity index (χ1v) is 5.31. The Morgan fingerprint density at radius 3 is 2.92 bits per heavy atom. The molecule has 0 N–H and O–H groups in total. The van der Waals surface area contributed by atoms with E-state index in [0.717, 1.165) is 0 Å². The molecule has 0 bridgehead atoms. The zero-order chi connectivity index (χ0) is 8.55. The molecule has 0 aromatic heterocycles. The van der Waals surface area contributed by atoms with Crippen LogP contribution in [0.5, 0.6) is 0 Å². The van der Waals surface area contributed by atoms with Gasteiger partial charge in [-0.15, -0.1) is 0 Å². The minimum Gasteiger partial charge on any atom is -0.0651 e. The average molecular weight is 175 g/mol. The first-order chi connectivity index (χ1) is 5.81. The van der Waals surface area contributed by atoms with Crippen molar-refractivity contribution in [2.75, 3.05) is 0 Å². The van der Waals surface area contributed by atoms with Gasteiger partial charge in [0.25, 0.3) is 0 Å². The van der Waals surface area contributed by atoms with E-state index in [2.05, 4.69) is 32.1 Å². The molecule has 2 aliphatic rings. The molecule has 0 spiro atoms. The third-order valence-electron chi connectivity index (χ3n) is 2.15. The fourth-order valence-electron chi connectivity index (χ4n) is 1.50. The van der Waals surface area contributed by atoms with Gasteiger partial charge in [0.2, 0.25) is 0 Å². The molecule has 1 radical (unpaired) electrons. The van der Waals surface area contributed by atoms with Gasteiger partial charge in [-0.05, 0) is 42.0 Å². The fourth-order valence-corrected chi connectivity index (χ4v) is 2.79. The van der Waals surface area contributed by atoms with Crippen molar-refractivity contribution in [3.8, 4) is 0 Å². The molecule has 1 heteroatoms. The lowest BCUT2D eigenvalue weighted by molar-refractivity contribution is 0.945. The second-order valence-corrected chi connectivity index (χ2v) is 4.46. The Kier molecular flexibility index (Phi) is 2.02. The van der Waals surface area contributed by atoms with Crippen molar-refractivity contribution in [3.63, 3.8) is 0 Å². The topological polar surface area (TPSA) is 0 Å². The maximum atomic E-state index is 3.49. The first kappa shape index (κ1) is 8.01. The van der Waals surface area contributed by atoms with Gasteiger partial charge in [0.1, 0.15) is 0 Å². The van der Waals surface area contributed by atoms with E-state index in [-0.39, 0.29) is 0 Å². The molecule has 1 aliphatic carbocycles. The van der Waals surface area contributed by atoms with Crippen molar-refractivity contribution in [2.24, 2.45) is 0 Å². The van der Waals surface area contributed by atoms with E-state index in [1.807, 2.05) is 0 Å². The minimum absolute atomic E-state index is 1.20. The van der Waals surface area contributed by atoms with Crippen molar-refractivity contribution >= 4 is 13.5 Å². The minimum atomic E-state index is 1.20. The predicted molar refractivity (Wildman–Crippen MR) is 55.4 cm³/mol. The number of fused-ring (bicyclic) bond motifs is 1. The van der Waals surface area contributed by atoms with Crippen molar-refractivity contribution in [1.29, 1.82) is 0 Å². The Labute approximate surface area is 75.5 Å². The second kappa shape index (κ2) is 3.03. The summed E-state index contributed by atoms with van der Waals surface area (Å²) in [6, 6.07) is 0. The smallest absolute Gasteiger partial charge is 0.0102 e. The van der Waals surface area contributed by atoms with E-state index in [0.29, 0.717) is 0 Å². The fraction of sp³-hybridized carbons (Fsp3) is 0.364. The largest absolute Gasteiger partial charge is 0.0651 e. The number of hydrogen-bond acceptors (Lipinski definition) is 0. The molecule has 0 aromatic rings. The van der Waals surface area contributed by atoms with Gasteiger partial charge < -0.3 is 0 Å². The van der Waals surface area contributed by atoms with E-state index in [4.69, 9.17) is 0 Å². The quantitative estimate of drug-likeness (QED) is 0.563. The molecule has 1 heterocycles. The second-order valence-electron chi connectivity index (χ2n) is 3.21. The highest BCUT2D eigenvalue weighted by molar-refractivity contribution is 7.47. The zero-order valence-corrected chi connectivity index (χ0v) is 8.41. The Morgan fingerprint density at radius 2 is 2.25 bits per heavy atom. The van der Waals surface area contributed by atoms with E-state index < -0.39 is 0 Å². The molecule has 0 aromatic carbocycles. The summed E-state index contributed by atoms with van der Waals surface area (Å²) in [5.41, 5.74) is 2.74. The maximum absolute atomic E-state index is 3.49. The van der Waals surface area contributed by atoms with Crippen molar-refractivity contribution < 1.29 is 0 Å². The van der Waals surface area contributed by atoms with Gasteiger partial charge in [-0.2, -0.15) is 0 Å². The summed E-state index contributed by atoms with van der Waals surface area (Å²) in [4.78, 5) is 0. The van der Waals surface area contributed by atoms with Gasteiger partial charge in [0.15, 0.2) is 0 Å². The van der Waals surface area contributed by atoms with Gasteiger partial charge in [-0.25, -0.2) is 0 Å². The lowest BCUT2D eigenvalue weighted by atomic mass is 10.1. The Balaban J connectivity index is 2.28. The predicted octanol–water partition coefficient (Wildman–Crippen LogP) is 3.49. The third kappa shape index (κ3) is 1.21. The normalized spacial score (nSPS) is 21.2. The van der Waals surface area contributed by atoms with Gasteiger partial charge in [0, 0.05) is 5.29 Å². The van der Waals surface area contributed by atoms with E-state index in [9.17, 15) is 0 Å². The van der Waals surface area contributed by atoms with Gasteiger partial charge in [0.05, 0.1) is 0 Å². The third-order valence-corrected chi connectivity index (χ3v) is 3.37. The summed E-state index contributed by atoms with van der Waals surface area (Å²) in [5.74, 6) is 0. The van der Waals surface area contributed by atoms with Crippen LogP contribution < -0.4 is 0 Å². The summed E-state index contributed by atoms with van der Waals surface area (Å²) in [6.45, 7) is 4.39. The lowest BCUT2D eigenvalue weighted by Gasteiger charge is -1.91. The van der Waals surface area contributed by atoms with Crippen molar-refractivity contribution in [2.45, 2.75) is 26.7 Å². The standard InChI is InChI=1S/C11H12P/c1-3-4-9-7-10-8(2)5-6-11(10)12-9/h5-6H,3-4H2,1-2H3. The Morgan fingerprint density at radius 1 is 1.42 bits per heavy atom. The molecule has 0 saturated heterocycles. The lowest BCUT2D eigenvalue weighted by Crippen LogP contribution is -1.85. The average Bonchev–Trinajstić information content (AvgIpc) is 2.55. The van der Waals surface area contributed by atoms with Crippen LogP contribution in [0, 0.1) is 6.08 Å². The van der Waals surface area contributed by atoms with Crippen LogP contribution in [0.2, 0.25) is 0 Å². The monoisotopic (exact) mass is 175 g/mol. The molecule has 12 heavy (non-hydrogen) atoms. The molecule has 61 valence electrons. The number of hydrogen-bond donors (Lipinski definition) is 0. The molecule has 0 fully saturated rings. The highest BCUT2D eigenvalue weighted by atomic mass is 31.1. The summed E-state index contributed by atoms with van der Waals surface area (Å²) >= 11 is 0. The molecular weight excluding hydrogens is 163 g/mol. The molecule has 0 saturated carbocycles. The summed E-state index contributed by atoms with van der Waals surface area (Å²) < 4.78 is 0. The van der Waals surface area contributed by atoms with Crippen LogP contribution in [0.25, 0.3) is 0 Å². The summed E-state index contributed by atoms with van der Waals surface area (Å²) in [5, 5.41) is 2.92. The molecule has 0 unspecified atom stereocenters. The highest BCUT2D eigenvalue weighted by Gasteiger charge is 2.16. The van der Waals surface area contributed by atoms with Crippen LogP contribution in [0.15, 0.2) is 28.6 Å². The van der Waals surface area contributed by atoms with Crippen LogP contribution >= 0.6 is 8.20 Å². The van der Waals surface area contributed by atoms with Crippen molar-refractivity contribution in [1.82, 2.24) is 0 Å². The van der Waals surface area contributed by atoms with Crippen LogP contribution in [-0.4, -0.2) is 5.29 Å². The van der Waals surface area contributed by atoms with Gasteiger partial charge in [-0.3, -0.25) is 0 Å². The van der Waals surface area contributed by atoms with Crippen LogP contribution in [0.4, 0.5) is 0 Å². The number of allylic oxidation sites excluding steroid dienone is 6. The Hall–Kier alpha value is -0.610. The van der Waals surface area contributed by atoms with E-state index in [1.54, 1.807) is 0 Å². The van der Waals surface area contributed by atoms with E-state index in [1.165, 1.54) is 42.8 Å². The molecule has 0 amide bonds. The molecule has 1 aliphatic heterocycles. The SMILES string of the molecule is CCCC1=[C]C2=C(C)C=CC2=P1. The Bertz CT molecular complexity index is 327. The maximum Gasteiger partial charge on any atom is 0.0102 e. The van der Waals surface area contributed by atoms with Gasteiger partial charge >= 0.3 is 0 Å². The first-order valence-electron chi connectivity index (χ1n) is 4.42. The summed E-state index contributed by atoms with van der Waals surface area (Å²) in [7, 11) is 1.40. The highest BCUT2D eigenvalue weighted by Crippen LogP contribution is 2.35. The van der Waals surface area contributed by atoms with Crippen LogP contribution in [-0.2, 0) is 0 Å². The summed E-state index contributed by atoms with van der Waals surface area (Å²) in [6.07, 6.45) is 10.3. The van der Waals surface area contributed by atoms with E-state index >= 15 is 0 Å². The van der Waals surface area contributed by atoms with Crippen LogP contribution in [0.3, 0.4) is 0 Å². The molecule has 2 rings (SSSR count). The zero-order valence-electron chi connectivity index (χ0n) is 7.52. The van der Waals surface area contributed by atoms with Gasteiger partial charge in [-0.1, -0.05) is 27.6 Å².